The van der Waals surface area contributed by atoms with Crippen LogP contribution in [-0.4, -0.2) is 11.1 Å². The minimum Gasteiger partial charge on any atom is -0.507 e. The van der Waals surface area contributed by atoms with E-state index in [9.17, 15) is 5.11 Å². The maximum absolute atomic E-state index is 10.1. The van der Waals surface area contributed by atoms with E-state index in [-0.39, 0.29) is 0 Å². The highest BCUT2D eigenvalue weighted by Gasteiger charge is 2.14. The molecule has 0 spiro atoms. The number of phenols is 1. The van der Waals surface area contributed by atoms with Crippen molar-refractivity contribution in [3.8, 4) is 5.75 Å². The Morgan fingerprint density at radius 3 is 2.53 bits per heavy atom. The molecule has 1 aromatic carbocycles. The highest BCUT2D eigenvalue weighted by molar-refractivity contribution is 5.44. The Morgan fingerprint density at radius 2 is 1.89 bits per heavy atom. The van der Waals surface area contributed by atoms with E-state index in [4.69, 9.17) is 0 Å². The van der Waals surface area contributed by atoms with E-state index in [2.05, 4.69) is 31.3 Å². The molecule has 0 heterocycles. The van der Waals surface area contributed by atoms with E-state index < -0.39 is 0 Å². The molecule has 0 unspecified atom stereocenters. The summed E-state index contributed by atoms with van der Waals surface area (Å²) < 4.78 is 0. The van der Waals surface area contributed by atoms with Crippen molar-refractivity contribution in [1.29, 1.82) is 0 Å². The lowest BCUT2D eigenvalue weighted by atomic mass is 9.94. The van der Waals surface area contributed by atoms with Crippen LogP contribution >= 0.6 is 0 Å². The van der Waals surface area contributed by atoms with Gasteiger partial charge >= 0.3 is 0 Å². The van der Waals surface area contributed by atoms with Gasteiger partial charge in [-0.2, -0.15) is 0 Å². The molecule has 0 radical (unpaired) electrons. The van der Waals surface area contributed by atoms with Gasteiger partial charge in [0.25, 0.3) is 0 Å². The van der Waals surface area contributed by atoms with Gasteiger partial charge < -0.3 is 10.4 Å². The summed E-state index contributed by atoms with van der Waals surface area (Å²) in [6, 6.07) is 4.95. The topological polar surface area (TPSA) is 32.3 Å². The van der Waals surface area contributed by atoms with Crippen LogP contribution in [0.3, 0.4) is 0 Å². The maximum Gasteiger partial charge on any atom is 0.121 e. The molecule has 1 aliphatic rings. The second kappa shape index (κ2) is 6.42. The van der Waals surface area contributed by atoms with Crippen molar-refractivity contribution in [2.45, 2.75) is 71.4 Å². The molecule has 2 heteroatoms. The number of benzene rings is 1. The van der Waals surface area contributed by atoms with Crippen molar-refractivity contribution in [2.75, 3.05) is 0 Å². The molecule has 1 aliphatic carbocycles. The van der Waals surface area contributed by atoms with Gasteiger partial charge in [-0.3, -0.25) is 0 Å². The zero-order valence-electron chi connectivity index (χ0n) is 12.5. The van der Waals surface area contributed by atoms with Crippen molar-refractivity contribution >= 4 is 0 Å². The highest BCUT2D eigenvalue weighted by Crippen LogP contribution is 2.30. The summed E-state index contributed by atoms with van der Waals surface area (Å²) in [5.74, 6) is 0.838. The Bertz CT molecular complexity index is 420. The number of hydrogen-bond donors (Lipinski definition) is 2. The molecular formula is C17H27NO. The molecule has 2 rings (SSSR count). The molecule has 0 amide bonds. The third-order valence-electron chi connectivity index (χ3n) is 4.21. The Morgan fingerprint density at radius 1 is 1.21 bits per heavy atom. The van der Waals surface area contributed by atoms with E-state index in [1.165, 1.54) is 37.7 Å². The second-order valence-corrected chi connectivity index (χ2v) is 6.22. The Hall–Kier alpha value is -1.02. The fraction of sp³-hybridized carbons (Fsp3) is 0.647. The molecule has 1 aromatic rings. The third-order valence-corrected chi connectivity index (χ3v) is 4.21. The number of hydrogen-bond acceptors (Lipinski definition) is 2. The lowest BCUT2D eigenvalue weighted by Crippen LogP contribution is -2.30. The van der Waals surface area contributed by atoms with Crippen LogP contribution in [0.1, 0.15) is 68.6 Å². The van der Waals surface area contributed by atoms with E-state index in [0.29, 0.717) is 17.7 Å². The Balaban J connectivity index is 2.03. The Labute approximate surface area is 117 Å². The fourth-order valence-corrected chi connectivity index (χ4v) is 2.99. The predicted octanol–water partition coefficient (Wildman–Crippen LogP) is 4.25. The molecule has 0 aliphatic heterocycles. The van der Waals surface area contributed by atoms with Crippen LogP contribution in [0.2, 0.25) is 0 Å². The van der Waals surface area contributed by atoms with E-state index in [1.54, 1.807) is 0 Å². The van der Waals surface area contributed by atoms with Crippen LogP contribution in [0, 0.1) is 6.92 Å². The van der Waals surface area contributed by atoms with Crippen LogP contribution in [0.5, 0.6) is 5.75 Å². The molecular weight excluding hydrogens is 234 g/mol. The fourth-order valence-electron chi connectivity index (χ4n) is 2.99. The van der Waals surface area contributed by atoms with Crippen LogP contribution in [0.15, 0.2) is 12.1 Å². The molecule has 0 bridgehead atoms. The van der Waals surface area contributed by atoms with Gasteiger partial charge in [0, 0.05) is 12.6 Å². The van der Waals surface area contributed by atoms with Gasteiger partial charge in [-0.15, -0.1) is 0 Å². The van der Waals surface area contributed by atoms with Crippen LogP contribution in [0.25, 0.3) is 0 Å². The maximum atomic E-state index is 10.1. The molecule has 19 heavy (non-hydrogen) atoms. The minimum atomic E-state index is 0.369. The zero-order chi connectivity index (χ0) is 13.8. The Kier molecular flexibility index (Phi) is 4.87. The summed E-state index contributed by atoms with van der Waals surface area (Å²) in [6.07, 6.45) is 6.75. The average Bonchev–Trinajstić information content (AvgIpc) is 2.41. The second-order valence-electron chi connectivity index (χ2n) is 6.22. The van der Waals surface area contributed by atoms with Crippen molar-refractivity contribution in [2.24, 2.45) is 0 Å². The largest absolute Gasteiger partial charge is 0.507 e. The standard InChI is InChI=1S/C17H27NO/c1-12(2)16-10-14(9-13(3)17(16)19)11-18-15-7-5-4-6-8-15/h9-10,12,15,18-19H,4-8,11H2,1-3H3. The summed E-state index contributed by atoms with van der Waals surface area (Å²) in [7, 11) is 0. The SMILES string of the molecule is Cc1cc(CNC2CCCCC2)cc(C(C)C)c1O. The molecule has 1 fully saturated rings. The molecule has 0 aromatic heterocycles. The van der Waals surface area contributed by atoms with E-state index in [1.807, 2.05) is 6.92 Å². The summed E-state index contributed by atoms with van der Waals surface area (Å²) in [6.45, 7) is 7.18. The lowest BCUT2D eigenvalue weighted by Gasteiger charge is -2.23. The van der Waals surface area contributed by atoms with Crippen molar-refractivity contribution in [3.05, 3.63) is 28.8 Å². The first-order chi connectivity index (χ1) is 9.08. The molecule has 2 N–H and O–H groups in total. The van der Waals surface area contributed by atoms with Crippen molar-refractivity contribution in [3.63, 3.8) is 0 Å². The molecule has 0 atom stereocenters. The average molecular weight is 261 g/mol. The molecule has 106 valence electrons. The van der Waals surface area contributed by atoms with E-state index in [0.717, 1.165) is 17.7 Å². The minimum absolute atomic E-state index is 0.369. The lowest BCUT2D eigenvalue weighted by molar-refractivity contribution is 0.372. The molecule has 2 nitrogen and oxygen atoms in total. The van der Waals surface area contributed by atoms with Crippen molar-refractivity contribution in [1.82, 2.24) is 5.32 Å². The summed E-state index contributed by atoms with van der Waals surface area (Å²) >= 11 is 0. The van der Waals surface area contributed by atoms with Crippen molar-refractivity contribution < 1.29 is 5.11 Å². The predicted molar refractivity (Wildman–Crippen MR) is 80.6 cm³/mol. The van der Waals surface area contributed by atoms with Gasteiger partial charge in [-0.1, -0.05) is 45.2 Å². The smallest absolute Gasteiger partial charge is 0.121 e. The van der Waals surface area contributed by atoms with Gasteiger partial charge in [-0.05, 0) is 42.4 Å². The number of aromatic hydroxyl groups is 1. The van der Waals surface area contributed by atoms with Crippen LogP contribution < -0.4 is 5.32 Å². The quantitative estimate of drug-likeness (QED) is 0.849. The third kappa shape index (κ3) is 3.73. The normalized spacial score (nSPS) is 17.1. The van der Waals surface area contributed by atoms with Gasteiger partial charge in [0.05, 0.1) is 0 Å². The van der Waals surface area contributed by atoms with E-state index >= 15 is 0 Å². The summed E-state index contributed by atoms with van der Waals surface area (Å²) in [4.78, 5) is 0. The molecule has 1 saturated carbocycles. The van der Waals surface area contributed by atoms with Crippen LogP contribution in [0.4, 0.5) is 0 Å². The highest BCUT2D eigenvalue weighted by atomic mass is 16.3. The zero-order valence-corrected chi connectivity index (χ0v) is 12.5. The number of aryl methyl sites for hydroxylation is 1. The van der Waals surface area contributed by atoms with Gasteiger partial charge in [0.1, 0.15) is 5.75 Å². The first-order valence-corrected chi connectivity index (χ1v) is 7.63. The monoisotopic (exact) mass is 261 g/mol. The number of phenolic OH excluding ortho intramolecular Hbond substituents is 1. The number of nitrogens with one attached hydrogen (secondary N) is 1. The van der Waals surface area contributed by atoms with Gasteiger partial charge in [0.15, 0.2) is 0 Å². The summed E-state index contributed by atoms with van der Waals surface area (Å²) in [5.41, 5.74) is 3.36. The number of rotatable bonds is 4. The first kappa shape index (κ1) is 14.4. The summed E-state index contributed by atoms with van der Waals surface area (Å²) in [5, 5.41) is 13.8. The van der Waals surface area contributed by atoms with Gasteiger partial charge in [0.2, 0.25) is 0 Å². The van der Waals surface area contributed by atoms with Gasteiger partial charge in [-0.25, -0.2) is 0 Å². The van der Waals surface area contributed by atoms with Crippen LogP contribution in [-0.2, 0) is 6.54 Å². The first-order valence-electron chi connectivity index (χ1n) is 7.63. The molecule has 0 saturated heterocycles.